The molecule has 0 fully saturated rings. The van der Waals surface area contributed by atoms with Crippen LogP contribution in [-0.4, -0.2) is 33.8 Å². The lowest BCUT2D eigenvalue weighted by Gasteiger charge is -2.03. The first-order valence-corrected chi connectivity index (χ1v) is 4.05. The van der Waals surface area contributed by atoms with Crippen molar-refractivity contribution in [2.75, 3.05) is 14.1 Å². The van der Waals surface area contributed by atoms with Crippen molar-refractivity contribution < 1.29 is 5.48 Å². The minimum atomic E-state index is 0. The summed E-state index contributed by atoms with van der Waals surface area (Å²) in [7, 11) is 4.49. The molecule has 0 spiro atoms. The Balaban J connectivity index is 0. The molecule has 0 aromatic rings. The second-order valence-corrected chi connectivity index (χ2v) is 4.52. The largest absolute Gasteiger partial charge is 0.412 e. The lowest BCUT2D eigenvalue weighted by molar-refractivity contribution is 0.659. The average molecular weight is 121 g/mol. The quantitative estimate of drug-likeness (QED) is 0.442. The number of hydrogen-bond acceptors (Lipinski definition) is 1. The van der Waals surface area contributed by atoms with E-state index in [1.54, 1.807) is 0 Å². The van der Waals surface area contributed by atoms with Crippen molar-refractivity contribution in [3.8, 4) is 0 Å². The summed E-state index contributed by atoms with van der Waals surface area (Å²) >= 11 is 0. The van der Waals surface area contributed by atoms with E-state index < -0.39 is 0 Å². The van der Waals surface area contributed by atoms with Gasteiger partial charge in [0.25, 0.3) is 0 Å². The zero-order valence-corrected chi connectivity index (χ0v) is 6.78. The molecule has 2 N–H and O–H groups in total. The van der Waals surface area contributed by atoms with Gasteiger partial charge in [-0.05, 0) is 14.1 Å². The Morgan fingerprint density at radius 2 is 1.86 bits per heavy atom. The predicted molar refractivity (Wildman–Crippen MR) is 36.3 cm³/mol. The Bertz CT molecular complexity index is 32.9. The third kappa shape index (κ3) is 10.7. The normalized spacial score (nSPS) is 10.3. The van der Waals surface area contributed by atoms with Gasteiger partial charge in [-0.25, -0.2) is 0 Å². The highest BCUT2D eigenvalue weighted by Crippen LogP contribution is 1.73. The SMILES string of the molecule is CC[SiH2]N(C)C.O. The summed E-state index contributed by atoms with van der Waals surface area (Å²) in [5, 5.41) is 0. The van der Waals surface area contributed by atoms with Crippen LogP contribution in [0.1, 0.15) is 6.92 Å². The Hall–Kier alpha value is 0.137. The van der Waals surface area contributed by atoms with Gasteiger partial charge in [0.2, 0.25) is 0 Å². The Labute approximate surface area is 47.7 Å². The van der Waals surface area contributed by atoms with E-state index in [9.17, 15) is 0 Å². The molecule has 46 valence electrons. The van der Waals surface area contributed by atoms with Crippen LogP contribution in [0.25, 0.3) is 0 Å². The number of rotatable bonds is 2. The molecular weight excluding hydrogens is 106 g/mol. The smallest absolute Gasteiger partial charge is 0.0940 e. The maximum atomic E-state index is 2.32. The molecular formula is C4H15NOSi. The standard InChI is InChI=1S/C4H13NSi.H2O/c1-4-6-5(2)3;/h4,6H2,1-3H3;1H2. The van der Waals surface area contributed by atoms with Crippen molar-refractivity contribution in [3.63, 3.8) is 0 Å². The van der Waals surface area contributed by atoms with Gasteiger partial charge in [-0.15, -0.1) is 0 Å². The van der Waals surface area contributed by atoms with E-state index in [4.69, 9.17) is 0 Å². The van der Waals surface area contributed by atoms with Crippen LogP contribution in [0.4, 0.5) is 0 Å². The molecule has 0 rings (SSSR count). The molecule has 3 heteroatoms. The van der Waals surface area contributed by atoms with Crippen molar-refractivity contribution in [2.24, 2.45) is 0 Å². The van der Waals surface area contributed by atoms with Crippen LogP contribution < -0.4 is 0 Å². The summed E-state index contributed by atoms with van der Waals surface area (Å²) in [6.07, 6.45) is 0. The highest BCUT2D eigenvalue weighted by atomic mass is 28.2. The van der Waals surface area contributed by atoms with Crippen molar-refractivity contribution in [3.05, 3.63) is 0 Å². The molecule has 0 heterocycles. The second-order valence-electron chi connectivity index (χ2n) is 1.80. The van der Waals surface area contributed by atoms with E-state index in [1.807, 2.05) is 0 Å². The fourth-order valence-corrected chi connectivity index (χ4v) is 1.34. The molecule has 0 unspecified atom stereocenters. The first-order chi connectivity index (χ1) is 2.77. The van der Waals surface area contributed by atoms with Crippen LogP contribution in [0.2, 0.25) is 6.04 Å². The summed E-state index contributed by atoms with van der Waals surface area (Å²) in [5.74, 6) is 0. The topological polar surface area (TPSA) is 34.7 Å². The van der Waals surface area contributed by atoms with Gasteiger partial charge in [0.05, 0.1) is 9.68 Å². The second kappa shape index (κ2) is 6.14. The van der Waals surface area contributed by atoms with E-state index in [-0.39, 0.29) is 15.2 Å². The van der Waals surface area contributed by atoms with Gasteiger partial charge in [0.15, 0.2) is 0 Å². The van der Waals surface area contributed by atoms with Crippen molar-refractivity contribution in [1.29, 1.82) is 0 Å². The summed E-state index contributed by atoms with van der Waals surface area (Å²) in [6.45, 7) is 2.24. The molecule has 0 saturated heterocycles. The molecule has 0 amide bonds. The highest BCUT2D eigenvalue weighted by molar-refractivity contribution is 6.31. The third-order valence-electron chi connectivity index (χ3n) is 0.671. The summed E-state index contributed by atoms with van der Waals surface area (Å²) in [6, 6.07) is 1.40. The fourth-order valence-electron chi connectivity index (χ4n) is 0.447. The Morgan fingerprint density at radius 1 is 1.43 bits per heavy atom. The zero-order valence-electron chi connectivity index (χ0n) is 5.36. The maximum absolute atomic E-state index is 2.32. The van der Waals surface area contributed by atoms with Gasteiger partial charge in [0, 0.05) is 0 Å². The van der Waals surface area contributed by atoms with Crippen LogP contribution in [0.5, 0.6) is 0 Å². The Kier molecular flexibility index (Phi) is 8.93. The molecule has 0 aliphatic rings. The van der Waals surface area contributed by atoms with Crippen LogP contribution in [0.15, 0.2) is 0 Å². The first-order valence-electron chi connectivity index (χ1n) is 2.42. The monoisotopic (exact) mass is 121 g/mol. The zero-order chi connectivity index (χ0) is 4.99. The van der Waals surface area contributed by atoms with Crippen molar-refractivity contribution >= 4 is 9.68 Å². The van der Waals surface area contributed by atoms with Crippen molar-refractivity contribution in [2.45, 2.75) is 13.0 Å². The summed E-state index contributed by atoms with van der Waals surface area (Å²) in [4.78, 5) is 0. The molecule has 0 aromatic heterocycles. The molecule has 0 aliphatic heterocycles. The third-order valence-corrected chi connectivity index (χ3v) is 2.01. The average Bonchev–Trinajstić information content (AvgIpc) is 1.35. The molecule has 7 heavy (non-hydrogen) atoms. The van der Waals surface area contributed by atoms with Gasteiger partial charge >= 0.3 is 0 Å². The number of hydrogen-bond donors (Lipinski definition) is 0. The molecule has 0 radical (unpaired) electrons. The molecule has 0 aromatic carbocycles. The van der Waals surface area contributed by atoms with E-state index in [1.165, 1.54) is 6.04 Å². The van der Waals surface area contributed by atoms with Crippen LogP contribution in [-0.2, 0) is 0 Å². The maximum Gasteiger partial charge on any atom is 0.0940 e. The highest BCUT2D eigenvalue weighted by Gasteiger charge is 1.81. The van der Waals surface area contributed by atoms with Gasteiger partial charge in [-0.1, -0.05) is 13.0 Å². The van der Waals surface area contributed by atoms with E-state index in [0.717, 1.165) is 0 Å². The predicted octanol–water partition coefficient (Wildman–Crippen LogP) is -0.755. The van der Waals surface area contributed by atoms with E-state index in [2.05, 4.69) is 25.6 Å². The summed E-state index contributed by atoms with van der Waals surface area (Å²) in [5.41, 5.74) is 0. The number of nitrogens with zero attached hydrogens (tertiary/aromatic N) is 1. The van der Waals surface area contributed by atoms with E-state index >= 15 is 0 Å². The van der Waals surface area contributed by atoms with Crippen LogP contribution in [0, 0.1) is 0 Å². The van der Waals surface area contributed by atoms with Gasteiger partial charge in [-0.3, -0.25) is 0 Å². The summed E-state index contributed by atoms with van der Waals surface area (Å²) < 4.78 is 2.32. The molecule has 0 atom stereocenters. The molecule has 0 aliphatic carbocycles. The lowest BCUT2D eigenvalue weighted by atomic mass is 11.0. The minimum absolute atomic E-state index is 0. The van der Waals surface area contributed by atoms with Crippen LogP contribution >= 0.6 is 0 Å². The van der Waals surface area contributed by atoms with Crippen molar-refractivity contribution in [1.82, 2.24) is 4.57 Å². The first kappa shape index (κ1) is 10.2. The Morgan fingerprint density at radius 3 is 1.86 bits per heavy atom. The minimum Gasteiger partial charge on any atom is -0.412 e. The van der Waals surface area contributed by atoms with Gasteiger partial charge in [-0.2, -0.15) is 0 Å². The van der Waals surface area contributed by atoms with Gasteiger partial charge in [0.1, 0.15) is 0 Å². The fraction of sp³-hybridized carbons (Fsp3) is 1.00. The van der Waals surface area contributed by atoms with Gasteiger partial charge < -0.3 is 10.0 Å². The lowest BCUT2D eigenvalue weighted by Crippen LogP contribution is -2.15. The molecule has 0 saturated carbocycles. The van der Waals surface area contributed by atoms with Crippen LogP contribution in [0.3, 0.4) is 0 Å². The molecule has 2 nitrogen and oxygen atoms in total. The van der Waals surface area contributed by atoms with E-state index in [0.29, 0.717) is 0 Å². The molecule has 0 bridgehead atoms.